The Hall–Kier alpha value is -1.39. The first-order chi connectivity index (χ1) is 9.20. The van der Waals surface area contributed by atoms with Gasteiger partial charge in [-0.15, -0.1) is 0 Å². The number of nitrogens with zero attached hydrogens (tertiary/aromatic N) is 2. The van der Waals surface area contributed by atoms with Crippen LogP contribution in [0.1, 0.15) is 12.5 Å². The summed E-state index contributed by atoms with van der Waals surface area (Å²) in [6.07, 6.45) is 0. The molecule has 0 radical (unpaired) electrons. The summed E-state index contributed by atoms with van der Waals surface area (Å²) in [5, 5.41) is 2.72. The van der Waals surface area contributed by atoms with Crippen LogP contribution in [0.5, 0.6) is 0 Å². The molecular weight excluding hydrogens is 238 g/mol. The highest BCUT2D eigenvalue weighted by molar-refractivity contribution is 5.80. The Morgan fingerprint density at radius 3 is 2.42 bits per heavy atom. The van der Waals surface area contributed by atoms with E-state index >= 15 is 0 Å². The molecule has 1 aromatic rings. The topological polar surface area (TPSA) is 35.6 Å². The molecule has 0 aliphatic carbocycles. The third kappa shape index (κ3) is 3.78. The number of carbonyl (C=O) groups excluding carboxylic acids is 1. The number of hydrogen-bond acceptors (Lipinski definition) is 3. The molecule has 0 spiro atoms. The lowest BCUT2D eigenvalue weighted by Gasteiger charge is -2.37. The van der Waals surface area contributed by atoms with E-state index in [1.54, 1.807) is 7.05 Å². The number of carbonyl (C=O) groups is 1. The molecule has 0 unspecified atom stereocenters. The molecule has 0 bridgehead atoms. The Balaban J connectivity index is 1.81. The normalized spacial score (nSPS) is 19.1. The zero-order valence-electron chi connectivity index (χ0n) is 11.8. The van der Waals surface area contributed by atoms with Gasteiger partial charge in [-0.05, 0) is 12.5 Å². The molecule has 1 atom stereocenters. The van der Waals surface area contributed by atoms with Crippen molar-refractivity contribution >= 4 is 5.91 Å². The minimum absolute atomic E-state index is 0.0242. The fraction of sp³-hybridized carbons (Fsp3) is 0.533. The highest BCUT2D eigenvalue weighted by Crippen LogP contribution is 2.10. The number of likely N-dealkylation sites (N-methyl/N-ethyl adjacent to an activating group) is 1. The van der Waals surface area contributed by atoms with Gasteiger partial charge >= 0.3 is 0 Å². The van der Waals surface area contributed by atoms with Crippen LogP contribution in [0.25, 0.3) is 0 Å². The van der Waals surface area contributed by atoms with E-state index < -0.39 is 0 Å². The van der Waals surface area contributed by atoms with Crippen LogP contribution in [-0.4, -0.2) is 55.0 Å². The fourth-order valence-electron chi connectivity index (χ4n) is 2.53. The van der Waals surface area contributed by atoms with Gasteiger partial charge in [0.2, 0.25) is 5.91 Å². The molecule has 0 aromatic heterocycles. The second kappa shape index (κ2) is 6.68. The number of amides is 1. The van der Waals surface area contributed by atoms with Gasteiger partial charge in [0.15, 0.2) is 0 Å². The highest BCUT2D eigenvalue weighted by atomic mass is 16.2. The van der Waals surface area contributed by atoms with Crippen molar-refractivity contribution in [3.8, 4) is 0 Å². The summed E-state index contributed by atoms with van der Waals surface area (Å²) in [6.45, 7) is 6.95. The van der Waals surface area contributed by atoms with Crippen molar-refractivity contribution in [1.29, 1.82) is 0 Å². The van der Waals surface area contributed by atoms with Crippen LogP contribution in [0.4, 0.5) is 0 Å². The molecule has 1 aliphatic rings. The first-order valence-corrected chi connectivity index (χ1v) is 6.92. The van der Waals surface area contributed by atoms with Crippen molar-refractivity contribution in [2.24, 2.45) is 0 Å². The molecule has 2 rings (SSSR count). The first kappa shape index (κ1) is 14.0. The Bertz CT molecular complexity index is 399. The molecular formula is C15H23N3O. The summed E-state index contributed by atoms with van der Waals surface area (Å²) in [4.78, 5) is 16.3. The van der Waals surface area contributed by atoms with E-state index in [9.17, 15) is 4.79 Å². The number of rotatable bonds is 4. The van der Waals surface area contributed by atoms with Crippen LogP contribution in [0.2, 0.25) is 0 Å². The van der Waals surface area contributed by atoms with Gasteiger partial charge in [0.25, 0.3) is 0 Å². The maximum absolute atomic E-state index is 11.6. The molecule has 0 saturated carbocycles. The standard InChI is InChI=1S/C15H23N3O/c1-13(15(19)16-2)18-10-8-17(9-11-18)12-14-6-4-3-5-7-14/h3-7,13H,8-12H2,1-2H3,(H,16,19)/t13-/m0/s1. The number of benzene rings is 1. The molecule has 1 fully saturated rings. The van der Waals surface area contributed by atoms with E-state index in [4.69, 9.17) is 0 Å². The first-order valence-electron chi connectivity index (χ1n) is 6.92. The Labute approximate surface area is 115 Å². The van der Waals surface area contributed by atoms with Gasteiger partial charge in [-0.3, -0.25) is 14.6 Å². The molecule has 1 aliphatic heterocycles. The van der Waals surface area contributed by atoms with Gasteiger partial charge in [0, 0.05) is 39.8 Å². The molecule has 4 nitrogen and oxygen atoms in total. The van der Waals surface area contributed by atoms with Crippen molar-refractivity contribution in [3.05, 3.63) is 35.9 Å². The monoisotopic (exact) mass is 261 g/mol. The lowest BCUT2D eigenvalue weighted by molar-refractivity contribution is -0.126. The Morgan fingerprint density at radius 2 is 1.84 bits per heavy atom. The summed E-state index contributed by atoms with van der Waals surface area (Å²) in [5.74, 6) is 0.108. The minimum atomic E-state index is -0.0242. The van der Waals surface area contributed by atoms with Crippen molar-refractivity contribution in [2.75, 3.05) is 33.2 Å². The zero-order valence-corrected chi connectivity index (χ0v) is 11.8. The second-order valence-corrected chi connectivity index (χ2v) is 5.09. The molecule has 19 heavy (non-hydrogen) atoms. The maximum Gasteiger partial charge on any atom is 0.236 e. The average molecular weight is 261 g/mol. The number of hydrogen-bond donors (Lipinski definition) is 1. The average Bonchev–Trinajstić information content (AvgIpc) is 2.47. The number of piperazine rings is 1. The highest BCUT2D eigenvalue weighted by Gasteiger charge is 2.24. The largest absolute Gasteiger partial charge is 0.358 e. The molecule has 1 aromatic carbocycles. The van der Waals surface area contributed by atoms with Crippen molar-refractivity contribution in [2.45, 2.75) is 19.5 Å². The van der Waals surface area contributed by atoms with Crippen LogP contribution >= 0.6 is 0 Å². The Morgan fingerprint density at radius 1 is 1.21 bits per heavy atom. The molecule has 4 heteroatoms. The molecule has 104 valence electrons. The van der Waals surface area contributed by atoms with Gasteiger partial charge in [-0.25, -0.2) is 0 Å². The lowest BCUT2D eigenvalue weighted by Crippen LogP contribution is -2.53. The van der Waals surface area contributed by atoms with Gasteiger partial charge in [-0.2, -0.15) is 0 Å². The van der Waals surface area contributed by atoms with Crippen LogP contribution < -0.4 is 5.32 Å². The minimum Gasteiger partial charge on any atom is -0.358 e. The van der Waals surface area contributed by atoms with Crippen LogP contribution in [0, 0.1) is 0 Å². The van der Waals surface area contributed by atoms with Gasteiger partial charge < -0.3 is 5.32 Å². The van der Waals surface area contributed by atoms with Crippen LogP contribution in [0.15, 0.2) is 30.3 Å². The summed E-state index contributed by atoms with van der Waals surface area (Å²) in [7, 11) is 1.70. The Kier molecular flexibility index (Phi) is 4.93. The van der Waals surface area contributed by atoms with Gasteiger partial charge in [-0.1, -0.05) is 30.3 Å². The van der Waals surface area contributed by atoms with Gasteiger partial charge in [0.05, 0.1) is 6.04 Å². The smallest absolute Gasteiger partial charge is 0.236 e. The van der Waals surface area contributed by atoms with E-state index in [1.807, 2.05) is 13.0 Å². The van der Waals surface area contributed by atoms with Crippen LogP contribution in [0.3, 0.4) is 0 Å². The van der Waals surface area contributed by atoms with Crippen molar-refractivity contribution < 1.29 is 4.79 Å². The zero-order chi connectivity index (χ0) is 13.7. The maximum atomic E-state index is 11.6. The molecule has 1 heterocycles. The lowest BCUT2D eigenvalue weighted by atomic mass is 10.1. The molecule has 1 amide bonds. The quantitative estimate of drug-likeness (QED) is 0.876. The molecule has 1 saturated heterocycles. The van der Waals surface area contributed by atoms with Crippen molar-refractivity contribution in [1.82, 2.24) is 15.1 Å². The predicted molar refractivity (Wildman–Crippen MR) is 76.8 cm³/mol. The van der Waals surface area contributed by atoms with E-state index in [0.29, 0.717) is 0 Å². The van der Waals surface area contributed by atoms with Crippen molar-refractivity contribution in [3.63, 3.8) is 0 Å². The molecule has 1 N–H and O–H groups in total. The SMILES string of the molecule is CNC(=O)[C@H](C)N1CCN(Cc2ccccc2)CC1. The third-order valence-corrected chi connectivity index (χ3v) is 3.83. The van der Waals surface area contributed by atoms with E-state index in [2.05, 4.69) is 39.4 Å². The second-order valence-electron chi connectivity index (χ2n) is 5.09. The number of nitrogens with one attached hydrogen (secondary N) is 1. The summed E-state index contributed by atoms with van der Waals surface area (Å²) < 4.78 is 0. The summed E-state index contributed by atoms with van der Waals surface area (Å²) in [6, 6.07) is 10.5. The summed E-state index contributed by atoms with van der Waals surface area (Å²) in [5.41, 5.74) is 1.36. The van der Waals surface area contributed by atoms with Gasteiger partial charge in [0.1, 0.15) is 0 Å². The summed E-state index contributed by atoms with van der Waals surface area (Å²) >= 11 is 0. The fourth-order valence-corrected chi connectivity index (χ4v) is 2.53. The van der Waals surface area contributed by atoms with E-state index in [1.165, 1.54) is 5.56 Å². The van der Waals surface area contributed by atoms with Crippen LogP contribution in [-0.2, 0) is 11.3 Å². The van der Waals surface area contributed by atoms with E-state index in [0.717, 1.165) is 32.7 Å². The third-order valence-electron chi connectivity index (χ3n) is 3.83. The predicted octanol–water partition coefficient (Wildman–Crippen LogP) is 0.939. The van der Waals surface area contributed by atoms with E-state index in [-0.39, 0.29) is 11.9 Å².